The van der Waals surface area contributed by atoms with Gasteiger partial charge in [-0.3, -0.25) is 0 Å². The van der Waals surface area contributed by atoms with E-state index in [0.717, 1.165) is 24.7 Å². The van der Waals surface area contributed by atoms with Crippen LogP contribution in [0.3, 0.4) is 0 Å². The zero-order valence-electron chi connectivity index (χ0n) is 11.9. The standard InChI is InChI=1S/C15H25FN2/c1-12(2)11-13(3)18(4)10-9-17-15-7-5-14(16)6-8-15/h5-8,12-13,17H,9-11H2,1-4H3. The SMILES string of the molecule is CC(C)CC(C)N(C)CCNc1ccc(F)cc1. The minimum atomic E-state index is -0.191. The molecule has 0 amide bonds. The first-order valence-electron chi connectivity index (χ1n) is 6.68. The van der Waals surface area contributed by atoms with Crippen molar-refractivity contribution in [3.63, 3.8) is 0 Å². The van der Waals surface area contributed by atoms with Gasteiger partial charge in [0.15, 0.2) is 0 Å². The Hall–Kier alpha value is -1.09. The predicted octanol–water partition coefficient (Wildman–Crippen LogP) is 3.60. The van der Waals surface area contributed by atoms with Gasteiger partial charge in [-0.1, -0.05) is 13.8 Å². The van der Waals surface area contributed by atoms with Gasteiger partial charge in [0.2, 0.25) is 0 Å². The molecule has 1 aromatic rings. The molecule has 0 aliphatic carbocycles. The van der Waals surface area contributed by atoms with Crippen molar-refractivity contribution in [3.8, 4) is 0 Å². The zero-order valence-corrected chi connectivity index (χ0v) is 11.9. The minimum Gasteiger partial charge on any atom is -0.384 e. The minimum absolute atomic E-state index is 0.191. The summed E-state index contributed by atoms with van der Waals surface area (Å²) in [6, 6.07) is 7.10. The van der Waals surface area contributed by atoms with E-state index in [1.165, 1.54) is 18.6 Å². The normalized spacial score (nSPS) is 13.1. The molecule has 1 atom stereocenters. The van der Waals surface area contributed by atoms with Crippen molar-refractivity contribution in [2.45, 2.75) is 33.2 Å². The van der Waals surface area contributed by atoms with E-state index in [0.29, 0.717) is 6.04 Å². The van der Waals surface area contributed by atoms with Gasteiger partial charge in [0, 0.05) is 24.8 Å². The van der Waals surface area contributed by atoms with Gasteiger partial charge in [-0.05, 0) is 50.6 Å². The first-order chi connectivity index (χ1) is 8.49. The molecular weight excluding hydrogens is 227 g/mol. The summed E-state index contributed by atoms with van der Waals surface area (Å²) in [4.78, 5) is 2.36. The number of nitrogens with zero attached hydrogens (tertiary/aromatic N) is 1. The summed E-state index contributed by atoms with van der Waals surface area (Å²) < 4.78 is 12.7. The van der Waals surface area contributed by atoms with Gasteiger partial charge in [-0.25, -0.2) is 4.39 Å². The Kier molecular flexibility index (Phi) is 6.13. The third-order valence-electron chi connectivity index (χ3n) is 3.20. The quantitative estimate of drug-likeness (QED) is 0.797. The number of anilines is 1. The van der Waals surface area contributed by atoms with Crippen LogP contribution in [0, 0.1) is 11.7 Å². The second-order valence-electron chi connectivity index (χ2n) is 5.39. The molecule has 0 heterocycles. The highest BCUT2D eigenvalue weighted by molar-refractivity contribution is 5.42. The predicted molar refractivity (Wildman–Crippen MR) is 76.4 cm³/mol. The number of halogens is 1. The number of likely N-dealkylation sites (N-methyl/N-ethyl adjacent to an activating group) is 1. The Morgan fingerprint density at radius 1 is 1.17 bits per heavy atom. The Morgan fingerprint density at radius 3 is 2.33 bits per heavy atom. The lowest BCUT2D eigenvalue weighted by molar-refractivity contribution is 0.236. The molecule has 102 valence electrons. The number of rotatable bonds is 7. The lowest BCUT2D eigenvalue weighted by atomic mass is 10.0. The maximum atomic E-state index is 12.7. The second kappa shape index (κ2) is 7.37. The maximum Gasteiger partial charge on any atom is 0.123 e. The molecular formula is C15H25FN2. The summed E-state index contributed by atoms with van der Waals surface area (Å²) in [6.45, 7) is 8.63. The Balaban J connectivity index is 2.26. The summed E-state index contributed by atoms with van der Waals surface area (Å²) >= 11 is 0. The van der Waals surface area contributed by atoms with Crippen molar-refractivity contribution in [1.82, 2.24) is 4.90 Å². The van der Waals surface area contributed by atoms with E-state index in [1.807, 2.05) is 0 Å². The highest BCUT2D eigenvalue weighted by Gasteiger charge is 2.10. The van der Waals surface area contributed by atoms with Crippen LogP contribution < -0.4 is 5.32 Å². The van der Waals surface area contributed by atoms with Gasteiger partial charge < -0.3 is 10.2 Å². The number of hydrogen-bond acceptors (Lipinski definition) is 2. The van der Waals surface area contributed by atoms with Crippen LogP contribution in [0.5, 0.6) is 0 Å². The molecule has 1 unspecified atom stereocenters. The summed E-state index contributed by atoms with van der Waals surface area (Å²) in [5.74, 6) is 0.538. The zero-order chi connectivity index (χ0) is 13.5. The first kappa shape index (κ1) is 15.0. The Labute approximate surface area is 110 Å². The number of nitrogens with one attached hydrogen (secondary N) is 1. The van der Waals surface area contributed by atoms with Crippen LogP contribution >= 0.6 is 0 Å². The lowest BCUT2D eigenvalue weighted by Crippen LogP contribution is -2.34. The van der Waals surface area contributed by atoms with Crippen LogP contribution in [0.25, 0.3) is 0 Å². The molecule has 1 aromatic carbocycles. The van der Waals surface area contributed by atoms with E-state index in [-0.39, 0.29) is 5.82 Å². The summed E-state index contributed by atoms with van der Waals surface area (Å²) in [5, 5.41) is 3.30. The maximum absolute atomic E-state index is 12.7. The van der Waals surface area contributed by atoms with Crippen molar-refractivity contribution in [2.24, 2.45) is 5.92 Å². The van der Waals surface area contributed by atoms with Crippen LogP contribution in [0.2, 0.25) is 0 Å². The number of benzene rings is 1. The van der Waals surface area contributed by atoms with Gasteiger partial charge in [0.25, 0.3) is 0 Å². The lowest BCUT2D eigenvalue weighted by Gasteiger charge is -2.26. The Bertz CT molecular complexity index is 335. The van der Waals surface area contributed by atoms with E-state index in [2.05, 4.69) is 38.0 Å². The fourth-order valence-electron chi connectivity index (χ4n) is 2.03. The molecule has 0 aliphatic rings. The third kappa shape index (κ3) is 5.50. The number of hydrogen-bond donors (Lipinski definition) is 1. The molecule has 0 saturated heterocycles. The van der Waals surface area contributed by atoms with E-state index in [4.69, 9.17) is 0 Å². The molecule has 1 N–H and O–H groups in total. The van der Waals surface area contributed by atoms with Gasteiger partial charge >= 0.3 is 0 Å². The second-order valence-corrected chi connectivity index (χ2v) is 5.39. The van der Waals surface area contributed by atoms with Crippen molar-refractivity contribution in [3.05, 3.63) is 30.1 Å². The third-order valence-corrected chi connectivity index (χ3v) is 3.20. The molecule has 18 heavy (non-hydrogen) atoms. The van der Waals surface area contributed by atoms with E-state index in [9.17, 15) is 4.39 Å². The molecule has 0 spiro atoms. The molecule has 0 aromatic heterocycles. The van der Waals surface area contributed by atoms with Gasteiger partial charge in [-0.2, -0.15) is 0 Å². The molecule has 3 heteroatoms. The van der Waals surface area contributed by atoms with Crippen LogP contribution in [0.15, 0.2) is 24.3 Å². The van der Waals surface area contributed by atoms with Crippen molar-refractivity contribution >= 4 is 5.69 Å². The smallest absolute Gasteiger partial charge is 0.123 e. The van der Waals surface area contributed by atoms with Gasteiger partial charge in [0.05, 0.1) is 0 Å². The first-order valence-corrected chi connectivity index (χ1v) is 6.68. The molecule has 1 rings (SSSR count). The fraction of sp³-hybridized carbons (Fsp3) is 0.600. The molecule has 0 radical (unpaired) electrons. The van der Waals surface area contributed by atoms with Crippen molar-refractivity contribution < 1.29 is 4.39 Å². The van der Waals surface area contributed by atoms with Crippen LogP contribution in [-0.2, 0) is 0 Å². The summed E-state index contributed by atoms with van der Waals surface area (Å²) in [5.41, 5.74) is 0.973. The molecule has 0 saturated carbocycles. The molecule has 0 bridgehead atoms. The van der Waals surface area contributed by atoms with E-state index < -0.39 is 0 Å². The van der Waals surface area contributed by atoms with E-state index >= 15 is 0 Å². The molecule has 0 fully saturated rings. The molecule has 2 nitrogen and oxygen atoms in total. The average molecular weight is 252 g/mol. The highest BCUT2D eigenvalue weighted by atomic mass is 19.1. The monoisotopic (exact) mass is 252 g/mol. The van der Waals surface area contributed by atoms with E-state index in [1.54, 1.807) is 12.1 Å². The van der Waals surface area contributed by atoms with Crippen molar-refractivity contribution in [2.75, 3.05) is 25.5 Å². The van der Waals surface area contributed by atoms with Crippen LogP contribution in [-0.4, -0.2) is 31.1 Å². The highest BCUT2D eigenvalue weighted by Crippen LogP contribution is 2.10. The van der Waals surface area contributed by atoms with Crippen molar-refractivity contribution in [1.29, 1.82) is 0 Å². The van der Waals surface area contributed by atoms with Gasteiger partial charge in [0.1, 0.15) is 5.82 Å². The topological polar surface area (TPSA) is 15.3 Å². The van der Waals surface area contributed by atoms with Gasteiger partial charge in [-0.15, -0.1) is 0 Å². The fourth-order valence-corrected chi connectivity index (χ4v) is 2.03. The van der Waals surface area contributed by atoms with Crippen LogP contribution in [0.1, 0.15) is 27.2 Å². The summed E-state index contributed by atoms with van der Waals surface area (Å²) in [7, 11) is 2.15. The largest absolute Gasteiger partial charge is 0.384 e. The van der Waals surface area contributed by atoms with Crippen LogP contribution in [0.4, 0.5) is 10.1 Å². The Morgan fingerprint density at radius 2 is 1.78 bits per heavy atom. The molecule has 0 aliphatic heterocycles. The summed E-state index contributed by atoms with van der Waals surface area (Å²) in [6.07, 6.45) is 1.22. The average Bonchev–Trinajstić information content (AvgIpc) is 2.30.